The van der Waals surface area contributed by atoms with Gasteiger partial charge >= 0.3 is 6.18 Å². The topological polar surface area (TPSA) is 63.9 Å². The summed E-state index contributed by atoms with van der Waals surface area (Å²) in [4.78, 5) is 24.4. The summed E-state index contributed by atoms with van der Waals surface area (Å²) in [5, 5.41) is 6.20. The molecular formula is C23H18F3N5OS. The van der Waals surface area contributed by atoms with Crippen LogP contribution in [0.4, 0.5) is 13.2 Å². The van der Waals surface area contributed by atoms with Crippen molar-refractivity contribution in [3.63, 3.8) is 0 Å². The van der Waals surface area contributed by atoms with Crippen molar-refractivity contribution in [1.29, 1.82) is 0 Å². The first-order valence-corrected chi connectivity index (χ1v) is 11.2. The maximum Gasteiger partial charge on any atom is 0.416 e. The second kappa shape index (κ2) is 8.43. The maximum atomic E-state index is 13.4. The van der Waals surface area contributed by atoms with E-state index >= 15 is 0 Å². The van der Waals surface area contributed by atoms with E-state index < -0.39 is 11.7 Å². The summed E-state index contributed by atoms with van der Waals surface area (Å²) in [5.41, 5.74) is 0.273. The van der Waals surface area contributed by atoms with E-state index in [4.69, 9.17) is 0 Å². The van der Waals surface area contributed by atoms with E-state index in [0.29, 0.717) is 17.2 Å². The molecule has 1 fully saturated rings. The molecular weight excluding hydrogens is 451 g/mol. The van der Waals surface area contributed by atoms with Gasteiger partial charge in [0.1, 0.15) is 0 Å². The highest BCUT2D eigenvalue weighted by molar-refractivity contribution is 7.13. The van der Waals surface area contributed by atoms with Crippen molar-refractivity contribution in [3.8, 4) is 16.4 Å². The van der Waals surface area contributed by atoms with Crippen molar-refractivity contribution >= 4 is 17.2 Å². The van der Waals surface area contributed by atoms with Crippen LogP contribution in [0.2, 0.25) is 0 Å². The van der Waals surface area contributed by atoms with Crippen LogP contribution in [0, 0.1) is 0 Å². The second-order valence-corrected chi connectivity index (χ2v) is 8.67. The molecule has 0 bridgehead atoms. The smallest absolute Gasteiger partial charge is 0.328 e. The molecule has 1 aliphatic carbocycles. The predicted octanol–water partition coefficient (Wildman–Crippen LogP) is 5.21. The van der Waals surface area contributed by atoms with Crippen LogP contribution in [0.1, 0.15) is 34.6 Å². The van der Waals surface area contributed by atoms with Gasteiger partial charge in [-0.05, 0) is 54.1 Å². The standard InChI is InChI=1S/C23H18F3N5OS/c24-23(25,26)16-5-1-6-18(12-16)31-21(19-7-3-11-33-19)28-20(29-31)22(32)30(17-8-9-17)14-15-4-2-10-27-13-15/h1-7,10-13,17H,8-9,14H2. The molecule has 33 heavy (non-hydrogen) atoms. The van der Waals surface area contributed by atoms with E-state index in [-0.39, 0.29) is 23.5 Å². The van der Waals surface area contributed by atoms with E-state index in [9.17, 15) is 18.0 Å². The van der Waals surface area contributed by atoms with Gasteiger partial charge in [-0.25, -0.2) is 9.67 Å². The highest BCUT2D eigenvalue weighted by atomic mass is 32.1. The molecule has 0 atom stereocenters. The Morgan fingerprint density at radius 2 is 2.00 bits per heavy atom. The van der Waals surface area contributed by atoms with Gasteiger partial charge in [-0.15, -0.1) is 16.4 Å². The molecule has 0 spiro atoms. The summed E-state index contributed by atoms with van der Waals surface area (Å²) in [6.45, 7) is 0.365. The lowest BCUT2D eigenvalue weighted by Crippen LogP contribution is -2.33. The fraction of sp³-hybridized carbons (Fsp3) is 0.217. The molecule has 3 aromatic heterocycles. The normalized spacial score (nSPS) is 13.8. The van der Waals surface area contributed by atoms with E-state index in [2.05, 4.69) is 15.1 Å². The van der Waals surface area contributed by atoms with Crippen LogP contribution in [-0.2, 0) is 12.7 Å². The van der Waals surface area contributed by atoms with Crippen molar-refractivity contribution in [3.05, 3.63) is 83.3 Å². The largest absolute Gasteiger partial charge is 0.416 e. The fourth-order valence-corrected chi connectivity index (χ4v) is 4.23. The third-order valence-electron chi connectivity index (χ3n) is 5.28. The molecule has 1 aliphatic rings. The average Bonchev–Trinajstić information content (AvgIpc) is 3.32. The van der Waals surface area contributed by atoms with Crippen LogP contribution in [0.15, 0.2) is 66.3 Å². The van der Waals surface area contributed by atoms with Crippen LogP contribution < -0.4 is 0 Å². The number of alkyl halides is 3. The fourth-order valence-electron chi connectivity index (χ4n) is 3.53. The molecule has 1 saturated carbocycles. The number of aromatic nitrogens is 4. The van der Waals surface area contributed by atoms with Gasteiger partial charge in [0.15, 0.2) is 5.82 Å². The van der Waals surface area contributed by atoms with E-state index in [1.54, 1.807) is 29.4 Å². The number of hydrogen-bond donors (Lipinski definition) is 0. The molecule has 0 saturated heterocycles. The highest BCUT2D eigenvalue weighted by Gasteiger charge is 2.36. The molecule has 3 heterocycles. The molecule has 1 amide bonds. The Morgan fingerprint density at radius 1 is 1.15 bits per heavy atom. The molecule has 0 aliphatic heterocycles. The Hall–Kier alpha value is -3.53. The number of thiophene rings is 1. The number of benzene rings is 1. The van der Waals surface area contributed by atoms with Crippen LogP contribution in [0.3, 0.4) is 0 Å². The third kappa shape index (κ3) is 4.51. The van der Waals surface area contributed by atoms with Crippen molar-refractivity contribution in [2.45, 2.75) is 31.6 Å². The van der Waals surface area contributed by atoms with Gasteiger partial charge in [0.25, 0.3) is 5.91 Å². The lowest BCUT2D eigenvalue weighted by atomic mass is 10.2. The number of halogens is 3. The quantitative estimate of drug-likeness (QED) is 0.389. The van der Waals surface area contributed by atoms with E-state index in [0.717, 1.165) is 30.5 Å². The van der Waals surface area contributed by atoms with Crippen molar-refractivity contribution in [2.75, 3.05) is 0 Å². The van der Waals surface area contributed by atoms with Gasteiger partial charge in [-0.1, -0.05) is 18.2 Å². The van der Waals surface area contributed by atoms with Crippen molar-refractivity contribution in [1.82, 2.24) is 24.6 Å². The minimum absolute atomic E-state index is 0.0494. The zero-order valence-corrected chi connectivity index (χ0v) is 18.1. The van der Waals surface area contributed by atoms with Crippen LogP contribution in [0.25, 0.3) is 16.4 Å². The SMILES string of the molecule is O=C(c1nc(-c2cccs2)n(-c2cccc(C(F)(F)F)c2)n1)N(Cc1cccnc1)C1CC1. The van der Waals surface area contributed by atoms with Crippen LogP contribution in [-0.4, -0.2) is 36.6 Å². The summed E-state index contributed by atoms with van der Waals surface area (Å²) in [6, 6.07) is 12.2. The van der Waals surface area contributed by atoms with Gasteiger partial charge in [0, 0.05) is 25.0 Å². The van der Waals surface area contributed by atoms with Crippen LogP contribution in [0.5, 0.6) is 0 Å². The molecule has 0 radical (unpaired) electrons. The van der Waals surface area contributed by atoms with Crippen molar-refractivity contribution < 1.29 is 18.0 Å². The number of hydrogen-bond acceptors (Lipinski definition) is 5. The first kappa shape index (κ1) is 21.3. The summed E-state index contributed by atoms with van der Waals surface area (Å²) in [6.07, 6.45) is 0.647. The molecule has 0 unspecified atom stereocenters. The summed E-state index contributed by atoms with van der Waals surface area (Å²) < 4.78 is 41.2. The Kier molecular flexibility index (Phi) is 5.45. The Balaban J connectivity index is 1.55. The molecule has 4 aromatic rings. The average molecular weight is 469 g/mol. The molecule has 6 nitrogen and oxygen atoms in total. The zero-order chi connectivity index (χ0) is 23.0. The Labute approximate surface area is 191 Å². The summed E-state index contributed by atoms with van der Waals surface area (Å²) in [5.74, 6) is -0.0821. The van der Waals surface area contributed by atoms with Gasteiger partial charge in [-0.3, -0.25) is 9.78 Å². The number of carbonyl (C=O) groups excluding carboxylic acids is 1. The van der Waals surface area contributed by atoms with Crippen molar-refractivity contribution in [2.24, 2.45) is 0 Å². The Morgan fingerprint density at radius 3 is 2.67 bits per heavy atom. The number of carbonyl (C=O) groups is 1. The molecule has 0 N–H and O–H groups in total. The first-order valence-electron chi connectivity index (χ1n) is 10.3. The van der Waals surface area contributed by atoms with Gasteiger partial charge in [-0.2, -0.15) is 13.2 Å². The third-order valence-corrected chi connectivity index (χ3v) is 6.15. The summed E-state index contributed by atoms with van der Waals surface area (Å²) in [7, 11) is 0. The molecule has 5 rings (SSSR count). The maximum absolute atomic E-state index is 13.4. The summed E-state index contributed by atoms with van der Waals surface area (Å²) >= 11 is 1.37. The van der Waals surface area contributed by atoms with Gasteiger partial charge in [0.05, 0.1) is 16.1 Å². The molecule has 10 heteroatoms. The lowest BCUT2D eigenvalue weighted by molar-refractivity contribution is -0.137. The second-order valence-electron chi connectivity index (χ2n) is 7.72. The zero-order valence-electron chi connectivity index (χ0n) is 17.2. The first-order chi connectivity index (χ1) is 15.9. The Bertz CT molecular complexity index is 1270. The van der Waals surface area contributed by atoms with Gasteiger partial charge in [0.2, 0.25) is 5.82 Å². The monoisotopic (exact) mass is 469 g/mol. The van der Waals surface area contributed by atoms with E-state index in [1.165, 1.54) is 28.2 Å². The lowest BCUT2D eigenvalue weighted by Gasteiger charge is -2.20. The minimum atomic E-state index is -4.50. The molecule has 168 valence electrons. The number of pyridine rings is 1. The minimum Gasteiger partial charge on any atom is -0.328 e. The number of nitrogens with zero attached hydrogens (tertiary/aromatic N) is 5. The number of amides is 1. The van der Waals surface area contributed by atoms with Crippen LogP contribution >= 0.6 is 11.3 Å². The van der Waals surface area contributed by atoms with Gasteiger partial charge < -0.3 is 4.90 Å². The predicted molar refractivity (Wildman–Crippen MR) is 117 cm³/mol. The highest BCUT2D eigenvalue weighted by Crippen LogP contribution is 2.33. The number of rotatable bonds is 6. The molecule has 1 aromatic carbocycles. The van der Waals surface area contributed by atoms with E-state index in [1.807, 2.05) is 17.5 Å².